The zero-order valence-electron chi connectivity index (χ0n) is 23.8. The lowest BCUT2D eigenvalue weighted by Crippen LogP contribution is -2.20. The van der Waals surface area contributed by atoms with E-state index in [1.165, 1.54) is 11.3 Å². The number of benzene rings is 1. The summed E-state index contributed by atoms with van der Waals surface area (Å²) in [4.78, 5) is 29.3. The predicted molar refractivity (Wildman–Crippen MR) is 148 cm³/mol. The lowest BCUT2D eigenvalue weighted by molar-refractivity contribution is -0.107. The minimum atomic E-state index is -0.106. The van der Waals surface area contributed by atoms with Crippen LogP contribution in [0.15, 0.2) is 36.4 Å². The number of aryl methyl sites for hydroxylation is 1. The molecule has 0 saturated carbocycles. The number of methoxy groups -OCH3 is 1. The molecule has 2 aromatic rings. The van der Waals surface area contributed by atoms with Crippen molar-refractivity contribution in [3.63, 3.8) is 0 Å². The van der Waals surface area contributed by atoms with Crippen LogP contribution >= 0.6 is 0 Å². The van der Waals surface area contributed by atoms with Crippen LogP contribution in [0.5, 0.6) is 0 Å². The number of hydrogen-bond acceptors (Lipinski definition) is 5. The Bertz CT molecular complexity index is 859. The number of hydrogen-bond donors (Lipinski definition) is 1. The second-order valence-corrected chi connectivity index (χ2v) is 9.65. The molecule has 7 nitrogen and oxygen atoms in total. The highest BCUT2D eigenvalue weighted by atomic mass is 16.5. The van der Waals surface area contributed by atoms with Crippen molar-refractivity contribution in [2.75, 3.05) is 13.7 Å². The number of nitrogens with zero attached hydrogens (tertiary/aromatic N) is 1. The molecular formula is C29H48N2O5. The highest BCUT2D eigenvalue weighted by molar-refractivity contribution is 6.08. The van der Waals surface area contributed by atoms with E-state index >= 15 is 0 Å². The van der Waals surface area contributed by atoms with Gasteiger partial charge in [0.05, 0.1) is 23.5 Å². The summed E-state index contributed by atoms with van der Waals surface area (Å²) in [5, 5.41) is 0. The molecule has 0 aliphatic carbocycles. The molecule has 1 aliphatic rings. The molecule has 1 aliphatic heterocycles. The molecule has 1 aromatic heterocycles. The van der Waals surface area contributed by atoms with E-state index in [9.17, 15) is 4.79 Å². The van der Waals surface area contributed by atoms with Crippen LogP contribution in [0.1, 0.15) is 89.1 Å². The zero-order valence-corrected chi connectivity index (χ0v) is 23.8. The molecule has 0 unspecified atom stereocenters. The third-order valence-corrected chi connectivity index (χ3v) is 4.87. The summed E-state index contributed by atoms with van der Waals surface area (Å²) in [6, 6.07) is 12.0. The van der Waals surface area contributed by atoms with E-state index in [-0.39, 0.29) is 23.4 Å². The minimum Gasteiger partial charge on any atom is -0.379 e. The Balaban J connectivity index is 0. The van der Waals surface area contributed by atoms with Gasteiger partial charge in [-0.2, -0.15) is 0 Å². The largest absolute Gasteiger partial charge is 0.379 e. The maximum absolute atomic E-state index is 12.7. The molecular weight excluding hydrogens is 456 g/mol. The van der Waals surface area contributed by atoms with Crippen molar-refractivity contribution in [3.8, 4) is 0 Å². The monoisotopic (exact) mass is 504 g/mol. The Morgan fingerprint density at radius 3 is 1.94 bits per heavy atom. The number of amides is 1. The first kappa shape index (κ1) is 35.4. The summed E-state index contributed by atoms with van der Waals surface area (Å²) in [6.45, 7) is 19.9. The molecule has 1 amide bonds. The van der Waals surface area contributed by atoms with Gasteiger partial charge in [-0.25, -0.2) is 0 Å². The van der Waals surface area contributed by atoms with Crippen molar-refractivity contribution in [2.24, 2.45) is 5.73 Å². The lowest BCUT2D eigenvalue weighted by atomic mass is 10.0. The van der Waals surface area contributed by atoms with Gasteiger partial charge in [-0.05, 0) is 78.5 Å². The third kappa shape index (κ3) is 14.6. The molecule has 2 heterocycles. The van der Waals surface area contributed by atoms with Crippen LogP contribution in [0.2, 0.25) is 0 Å². The summed E-state index contributed by atoms with van der Waals surface area (Å²) in [7, 11) is 1.71. The molecule has 0 saturated heterocycles. The molecule has 2 N–H and O–H groups in total. The summed E-state index contributed by atoms with van der Waals surface area (Å²) in [6.07, 6.45) is 3.34. The SMILES string of the molecule is C=O.CC.CC(C)(C)OCCc1ccc(C(=O)c2ccc3n2CCC3)cc1.COC(C)(C)C.NC=O. The van der Waals surface area contributed by atoms with Gasteiger partial charge in [0.2, 0.25) is 12.2 Å². The topological polar surface area (TPSA) is 101 Å². The highest BCUT2D eigenvalue weighted by Crippen LogP contribution is 2.21. The maximum atomic E-state index is 12.7. The van der Waals surface area contributed by atoms with Gasteiger partial charge in [0.25, 0.3) is 0 Å². The van der Waals surface area contributed by atoms with Crippen LogP contribution in [0, 0.1) is 0 Å². The number of nitrogens with two attached hydrogens (primary N) is 1. The Kier molecular flexibility index (Phi) is 18.2. The number of carbonyl (C=O) groups is 3. The molecule has 7 heteroatoms. The first-order valence-corrected chi connectivity index (χ1v) is 12.4. The van der Waals surface area contributed by atoms with Crippen molar-refractivity contribution in [3.05, 3.63) is 58.9 Å². The Morgan fingerprint density at radius 2 is 1.50 bits per heavy atom. The lowest BCUT2D eigenvalue weighted by Gasteiger charge is -2.19. The Morgan fingerprint density at radius 1 is 1.00 bits per heavy atom. The molecule has 0 atom stereocenters. The van der Waals surface area contributed by atoms with E-state index in [0.29, 0.717) is 6.61 Å². The molecule has 0 bridgehead atoms. The first-order chi connectivity index (χ1) is 16.9. The highest BCUT2D eigenvalue weighted by Gasteiger charge is 2.19. The van der Waals surface area contributed by atoms with Crippen molar-refractivity contribution >= 4 is 19.0 Å². The summed E-state index contributed by atoms with van der Waals surface area (Å²) in [5.74, 6) is 0.121. The minimum absolute atomic E-state index is 0.0417. The van der Waals surface area contributed by atoms with Crippen molar-refractivity contribution in [1.82, 2.24) is 4.57 Å². The molecule has 3 rings (SSSR count). The zero-order chi connectivity index (χ0) is 28.4. The Hall–Kier alpha value is -2.77. The fourth-order valence-electron chi connectivity index (χ4n) is 3.05. The number of carbonyl (C=O) groups excluding carboxylic acids is 3. The van der Waals surface area contributed by atoms with Gasteiger partial charge in [-0.15, -0.1) is 0 Å². The van der Waals surface area contributed by atoms with Crippen molar-refractivity contribution < 1.29 is 23.9 Å². The van der Waals surface area contributed by atoms with Gasteiger partial charge in [0, 0.05) is 24.9 Å². The van der Waals surface area contributed by atoms with Gasteiger partial charge in [-0.3, -0.25) is 9.59 Å². The van der Waals surface area contributed by atoms with Crippen LogP contribution in [0.3, 0.4) is 0 Å². The quantitative estimate of drug-likeness (QED) is 0.434. The maximum Gasteiger partial charge on any atom is 0.209 e. The summed E-state index contributed by atoms with van der Waals surface area (Å²) >= 11 is 0. The summed E-state index contributed by atoms with van der Waals surface area (Å²) < 4.78 is 12.8. The second-order valence-electron chi connectivity index (χ2n) is 9.65. The van der Waals surface area contributed by atoms with Gasteiger partial charge in [0.1, 0.15) is 6.79 Å². The van der Waals surface area contributed by atoms with Gasteiger partial charge < -0.3 is 24.6 Å². The molecule has 204 valence electrons. The number of aromatic nitrogens is 1. The van der Waals surface area contributed by atoms with Gasteiger partial charge in [-0.1, -0.05) is 38.1 Å². The van der Waals surface area contributed by atoms with Gasteiger partial charge >= 0.3 is 0 Å². The van der Waals surface area contributed by atoms with Crippen molar-refractivity contribution in [2.45, 2.75) is 92.4 Å². The smallest absolute Gasteiger partial charge is 0.209 e. The predicted octanol–water partition coefficient (Wildman–Crippen LogP) is 5.40. The van der Waals surface area contributed by atoms with Gasteiger partial charge in [0.15, 0.2) is 0 Å². The number of rotatable bonds is 5. The molecule has 36 heavy (non-hydrogen) atoms. The van der Waals surface area contributed by atoms with E-state index in [1.807, 2.05) is 71.7 Å². The number of fused-ring (bicyclic) bond motifs is 1. The summed E-state index contributed by atoms with van der Waals surface area (Å²) in [5.41, 5.74) is 8.17. The number of primary amides is 1. The fourth-order valence-corrected chi connectivity index (χ4v) is 3.05. The van der Waals surface area contributed by atoms with Crippen LogP contribution in [-0.2, 0) is 38.4 Å². The molecule has 0 fully saturated rings. The van der Waals surface area contributed by atoms with E-state index in [0.717, 1.165) is 37.1 Å². The van der Waals surface area contributed by atoms with Crippen LogP contribution in [-0.4, -0.2) is 48.5 Å². The number of ether oxygens (including phenoxy) is 2. The fraction of sp³-hybridized carbons (Fsp3) is 0.552. The van der Waals surface area contributed by atoms with Crippen molar-refractivity contribution in [1.29, 1.82) is 0 Å². The van der Waals surface area contributed by atoms with E-state index < -0.39 is 0 Å². The Labute approximate surface area is 218 Å². The number of ketones is 1. The average molecular weight is 505 g/mol. The second kappa shape index (κ2) is 18.5. The van der Waals surface area contributed by atoms with E-state index in [2.05, 4.69) is 37.1 Å². The molecule has 1 aromatic carbocycles. The van der Waals surface area contributed by atoms with Crippen LogP contribution in [0.4, 0.5) is 0 Å². The molecule has 0 radical (unpaired) electrons. The normalized spacial score (nSPS) is 11.6. The van der Waals surface area contributed by atoms with Crippen LogP contribution < -0.4 is 5.73 Å². The van der Waals surface area contributed by atoms with Crippen LogP contribution in [0.25, 0.3) is 0 Å². The standard InChI is InChI=1S/C20H25NO2.C5H12O.C2H6.CH3NO.CH2O/c1-20(2,3)23-14-12-15-6-8-16(9-7-15)19(22)18-11-10-17-5-4-13-21(17)18;1-5(2,3)6-4;1-2;2-1-3;1-2/h6-11H,4-5,12-14H2,1-3H3;1-4H3;1-2H3;1H,(H2,2,3);1H2. The first-order valence-electron chi connectivity index (χ1n) is 12.4. The van der Waals surface area contributed by atoms with E-state index in [4.69, 9.17) is 19.1 Å². The van der Waals surface area contributed by atoms with E-state index in [1.54, 1.807) is 7.11 Å². The third-order valence-electron chi connectivity index (χ3n) is 4.87. The molecule has 0 spiro atoms. The average Bonchev–Trinajstić information content (AvgIpc) is 3.46.